The van der Waals surface area contributed by atoms with E-state index in [9.17, 15) is 4.39 Å². The highest BCUT2D eigenvalue weighted by atomic mass is 35.5. The summed E-state index contributed by atoms with van der Waals surface area (Å²) in [5.74, 6) is 0.485. The van der Waals surface area contributed by atoms with E-state index in [1.807, 2.05) is 11.9 Å². The number of ether oxygens (including phenoxy) is 1. The zero-order chi connectivity index (χ0) is 11.3. The van der Waals surface area contributed by atoms with Crippen molar-refractivity contribution < 1.29 is 9.13 Å². The predicted octanol–water partition coefficient (Wildman–Crippen LogP) is 2.50. The minimum atomic E-state index is -0.237. The second-order valence-corrected chi connectivity index (χ2v) is 3.64. The van der Waals surface area contributed by atoms with Crippen LogP contribution >= 0.6 is 11.6 Å². The number of alkyl halides is 1. The second kappa shape index (κ2) is 5.93. The number of likely N-dealkylation sites (N-methyl/N-ethyl adjacent to an activating group) is 1. The number of halogens is 2. The Kier molecular flexibility index (Phi) is 4.85. The van der Waals surface area contributed by atoms with E-state index in [-0.39, 0.29) is 5.82 Å². The molecule has 0 bridgehead atoms. The van der Waals surface area contributed by atoms with Gasteiger partial charge in [0.05, 0.1) is 13.1 Å². The lowest BCUT2D eigenvalue weighted by Gasteiger charge is -2.14. The lowest BCUT2D eigenvalue weighted by Crippen LogP contribution is -2.19. The maximum atomic E-state index is 13.0. The van der Waals surface area contributed by atoms with Gasteiger partial charge in [0.15, 0.2) is 0 Å². The summed E-state index contributed by atoms with van der Waals surface area (Å²) in [6.07, 6.45) is 0.726. The van der Waals surface area contributed by atoms with E-state index in [1.165, 1.54) is 12.1 Å². The van der Waals surface area contributed by atoms with Gasteiger partial charge in [-0.3, -0.25) is 4.90 Å². The first-order chi connectivity index (χ1) is 7.17. The molecule has 0 aliphatic heterocycles. The van der Waals surface area contributed by atoms with E-state index in [2.05, 4.69) is 0 Å². The molecule has 0 heterocycles. The van der Waals surface area contributed by atoms with Crippen LogP contribution < -0.4 is 4.74 Å². The largest absolute Gasteiger partial charge is 0.496 e. The number of benzene rings is 1. The molecule has 2 nitrogen and oxygen atoms in total. The summed E-state index contributed by atoms with van der Waals surface area (Å²) < 4.78 is 18.1. The van der Waals surface area contributed by atoms with Crippen molar-refractivity contribution in [2.75, 3.05) is 26.7 Å². The molecule has 0 spiro atoms. The van der Waals surface area contributed by atoms with Crippen molar-refractivity contribution in [3.05, 3.63) is 29.6 Å². The predicted molar refractivity (Wildman–Crippen MR) is 60.0 cm³/mol. The van der Waals surface area contributed by atoms with Crippen molar-refractivity contribution in [3.63, 3.8) is 0 Å². The van der Waals surface area contributed by atoms with Gasteiger partial charge in [0.25, 0.3) is 0 Å². The van der Waals surface area contributed by atoms with Gasteiger partial charge in [-0.2, -0.15) is 0 Å². The molecule has 0 atom stereocenters. The molecule has 0 fully saturated rings. The Hall–Kier alpha value is -0.800. The zero-order valence-corrected chi connectivity index (χ0v) is 9.72. The van der Waals surface area contributed by atoms with Gasteiger partial charge in [-0.15, -0.1) is 11.6 Å². The van der Waals surface area contributed by atoms with Crippen molar-refractivity contribution in [1.29, 1.82) is 0 Å². The SMILES string of the molecule is COc1ccc(F)cc1CCN(C)CCl. The highest BCUT2D eigenvalue weighted by Gasteiger charge is 2.05. The molecule has 1 aromatic rings. The summed E-state index contributed by atoms with van der Waals surface area (Å²) in [6.45, 7) is 0.781. The quantitative estimate of drug-likeness (QED) is 0.570. The van der Waals surface area contributed by atoms with Crippen molar-refractivity contribution in [2.45, 2.75) is 6.42 Å². The van der Waals surface area contributed by atoms with Gasteiger partial charge in [0.1, 0.15) is 11.6 Å². The number of hydrogen-bond acceptors (Lipinski definition) is 2. The van der Waals surface area contributed by atoms with E-state index < -0.39 is 0 Å². The first kappa shape index (κ1) is 12.3. The van der Waals surface area contributed by atoms with Crippen LogP contribution in [0.2, 0.25) is 0 Å². The van der Waals surface area contributed by atoms with Crippen LogP contribution in [0.4, 0.5) is 4.39 Å². The molecular weight excluding hydrogens is 217 g/mol. The Morgan fingerprint density at radius 3 is 2.80 bits per heavy atom. The number of nitrogens with zero attached hydrogens (tertiary/aromatic N) is 1. The van der Waals surface area contributed by atoms with Gasteiger partial charge in [-0.1, -0.05) is 0 Å². The monoisotopic (exact) mass is 231 g/mol. The van der Waals surface area contributed by atoms with E-state index in [0.717, 1.165) is 24.3 Å². The molecule has 1 aromatic carbocycles. The van der Waals surface area contributed by atoms with Crippen molar-refractivity contribution >= 4 is 11.6 Å². The molecule has 0 aliphatic carbocycles. The number of hydrogen-bond donors (Lipinski definition) is 0. The molecule has 4 heteroatoms. The number of rotatable bonds is 5. The maximum Gasteiger partial charge on any atom is 0.123 e. The normalized spacial score (nSPS) is 10.7. The van der Waals surface area contributed by atoms with Crippen LogP contribution in [0.15, 0.2) is 18.2 Å². The van der Waals surface area contributed by atoms with E-state index >= 15 is 0 Å². The van der Waals surface area contributed by atoms with Gasteiger partial charge >= 0.3 is 0 Å². The van der Waals surface area contributed by atoms with Crippen LogP contribution in [-0.2, 0) is 6.42 Å². The summed E-state index contributed by atoms with van der Waals surface area (Å²) in [6, 6.07) is 5.01. The zero-order valence-electron chi connectivity index (χ0n) is 8.96. The smallest absolute Gasteiger partial charge is 0.123 e. The minimum Gasteiger partial charge on any atom is -0.496 e. The van der Waals surface area contributed by atoms with Gasteiger partial charge in [-0.25, -0.2) is 4.39 Å². The summed E-state index contributed by atoms with van der Waals surface area (Å²) in [5, 5.41) is 0. The van der Waals surface area contributed by atoms with Crippen LogP contribution in [0.25, 0.3) is 0 Å². The fraction of sp³-hybridized carbons (Fsp3) is 0.455. The van der Waals surface area contributed by atoms with Crippen LogP contribution in [0.5, 0.6) is 5.75 Å². The van der Waals surface area contributed by atoms with Crippen molar-refractivity contribution in [3.8, 4) is 5.75 Å². The Labute approximate surface area is 94.6 Å². The van der Waals surface area contributed by atoms with Crippen LogP contribution in [0.3, 0.4) is 0 Å². The van der Waals surface area contributed by atoms with Crippen molar-refractivity contribution in [2.24, 2.45) is 0 Å². The average molecular weight is 232 g/mol. The van der Waals surface area contributed by atoms with Crippen LogP contribution in [0.1, 0.15) is 5.56 Å². The minimum absolute atomic E-state index is 0.237. The summed E-state index contributed by atoms with van der Waals surface area (Å²) >= 11 is 5.64. The van der Waals surface area contributed by atoms with Gasteiger partial charge in [0.2, 0.25) is 0 Å². The second-order valence-electron chi connectivity index (χ2n) is 3.41. The molecular formula is C11H15ClFNO. The van der Waals surface area contributed by atoms with Gasteiger partial charge in [-0.05, 0) is 37.2 Å². The van der Waals surface area contributed by atoms with E-state index in [4.69, 9.17) is 16.3 Å². The lowest BCUT2D eigenvalue weighted by atomic mass is 10.1. The molecule has 0 radical (unpaired) electrons. The standard InChI is InChI=1S/C11H15ClFNO/c1-14(8-12)6-5-9-7-10(13)3-4-11(9)15-2/h3-4,7H,5-6,8H2,1-2H3. The molecule has 0 unspecified atom stereocenters. The molecule has 0 saturated heterocycles. The molecule has 0 aromatic heterocycles. The topological polar surface area (TPSA) is 12.5 Å². The Balaban J connectivity index is 2.69. The Morgan fingerprint density at radius 2 is 2.20 bits per heavy atom. The molecule has 0 amide bonds. The van der Waals surface area contributed by atoms with Gasteiger partial charge < -0.3 is 4.74 Å². The molecule has 0 N–H and O–H groups in total. The lowest BCUT2D eigenvalue weighted by molar-refractivity contribution is 0.380. The molecule has 0 saturated carbocycles. The Bertz CT molecular complexity index is 319. The van der Waals surface area contributed by atoms with Crippen LogP contribution in [0, 0.1) is 5.82 Å². The summed E-state index contributed by atoms with van der Waals surface area (Å²) in [4.78, 5) is 1.95. The van der Waals surface area contributed by atoms with Crippen LogP contribution in [-0.4, -0.2) is 31.6 Å². The Morgan fingerprint density at radius 1 is 1.47 bits per heavy atom. The first-order valence-electron chi connectivity index (χ1n) is 4.74. The molecule has 15 heavy (non-hydrogen) atoms. The van der Waals surface area contributed by atoms with E-state index in [1.54, 1.807) is 13.2 Å². The molecule has 1 rings (SSSR count). The third-order valence-electron chi connectivity index (χ3n) is 2.21. The third-order valence-corrected chi connectivity index (χ3v) is 2.62. The maximum absolute atomic E-state index is 13.0. The fourth-order valence-corrected chi connectivity index (χ4v) is 1.43. The van der Waals surface area contributed by atoms with E-state index in [0.29, 0.717) is 6.00 Å². The molecule has 84 valence electrons. The first-order valence-corrected chi connectivity index (χ1v) is 5.27. The highest BCUT2D eigenvalue weighted by molar-refractivity contribution is 6.17. The summed E-state index contributed by atoms with van der Waals surface area (Å²) in [5.41, 5.74) is 0.870. The van der Waals surface area contributed by atoms with Gasteiger partial charge in [0, 0.05) is 6.54 Å². The average Bonchev–Trinajstić information content (AvgIpc) is 2.26. The highest BCUT2D eigenvalue weighted by Crippen LogP contribution is 2.19. The fourth-order valence-electron chi connectivity index (χ4n) is 1.31. The number of methoxy groups -OCH3 is 1. The third kappa shape index (κ3) is 3.68. The van der Waals surface area contributed by atoms with Crippen molar-refractivity contribution in [1.82, 2.24) is 4.90 Å². The summed E-state index contributed by atoms with van der Waals surface area (Å²) in [7, 11) is 3.50. The molecule has 0 aliphatic rings.